The molecule has 51 heavy (non-hydrogen) atoms. The van der Waals surface area contributed by atoms with Crippen LogP contribution in [0.3, 0.4) is 0 Å². The Morgan fingerprint density at radius 3 is 1.80 bits per heavy atom. The second-order valence-corrected chi connectivity index (χ2v) is 15.2. The number of fused-ring (bicyclic) bond motifs is 11. The van der Waals surface area contributed by atoms with Crippen molar-refractivity contribution < 1.29 is 0 Å². The molecule has 0 aliphatic heterocycles. The van der Waals surface area contributed by atoms with Crippen molar-refractivity contribution in [1.29, 1.82) is 0 Å². The van der Waals surface area contributed by atoms with Crippen molar-refractivity contribution in [2.45, 2.75) is 31.1 Å². The maximum absolute atomic E-state index is 2.48. The maximum Gasteiger partial charge on any atom is 0.0361 e. The first-order valence-corrected chi connectivity index (χ1v) is 18.3. The molecule has 0 saturated heterocycles. The predicted molar refractivity (Wildman–Crippen MR) is 213 cm³/mol. The highest BCUT2D eigenvalue weighted by atomic mass is 14.5. The van der Waals surface area contributed by atoms with Crippen LogP contribution in [0.15, 0.2) is 170 Å². The quantitative estimate of drug-likeness (QED) is 0.179. The van der Waals surface area contributed by atoms with E-state index >= 15 is 0 Å². The van der Waals surface area contributed by atoms with Crippen LogP contribution in [0.2, 0.25) is 0 Å². The topological polar surface area (TPSA) is 0 Å². The van der Waals surface area contributed by atoms with E-state index in [1.165, 1.54) is 99.8 Å². The Kier molecular flexibility index (Phi) is 5.94. The van der Waals surface area contributed by atoms with Gasteiger partial charge in [-0.15, -0.1) is 0 Å². The van der Waals surface area contributed by atoms with Gasteiger partial charge in [-0.05, 0) is 112 Å². The number of benzene rings is 8. The van der Waals surface area contributed by atoms with E-state index in [1.54, 1.807) is 0 Å². The summed E-state index contributed by atoms with van der Waals surface area (Å²) >= 11 is 0. The first-order chi connectivity index (χ1) is 25.1. The average molecular weight is 649 g/mol. The standard InChI is InChI=1S/C51H36/c1-51(2)46-22-11-10-19-37(46)43-28-27-42-45-30-34(24-26-41(45)48(49(42)50(43)51)38-21-12-16-31-13-6-7-17-35(31)38)33-23-25-40-44(29-33)36-18-8-9-20-39(36)47(40)32-14-4-3-5-15-32/h3-30,47-48H,1-2H3. The molecule has 0 bridgehead atoms. The highest BCUT2D eigenvalue weighted by Crippen LogP contribution is 2.59. The SMILES string of the molecule is CC1(C)c2ccccc2-c2ccc3c(c21)C(c1cccc2ccccc12)c1ccc(-c2ccc4c(c2)-c2ccccc2C4c2ccccc2)cc1-3. The molecule has 240 valence electrons. The van der Waals surface area contributed by atoms with Gasteiger partial charge in [0.2, 0.25) is 0 Å². The Morgan fingerprint density at radius 1 is 0.392 bits per heavy atom. The molecule has 0 saturated carbocycles. The zero-order chi connectivity index (χ0) is 33.8. The largest absolute Gasteiger partial charge is 0.0622 e. The fourth-order valence-corrected chi connectivity index (χ4v) is 10.0. The molecule has 0 heterocycles. The van der Waals surface area contributed by atoms with Crippen LogP contribution in [-0.2, 0) is 5.41 Å². The van der Waals surface area contributed by atoms with E-state index in [0.29, 0.717) is 0 Å². The molecule has 0 heteroatoms. The smallest absolute Gasteiger partial charge is 0.0361 e. The fraction of sp³-hybridized carbons (Fsp3) is 0.0980. The molecule has 0 nitrogen and oxygen atoms in total. The van der Waals surface area contributed by atoms with Gasteiger partial charge in [-0.1, -0.05) is 172 Å². The predicted octanol–water partition coefficient (Wildman–Crippen LogP) is 13.1. The van der Waals surface area contributed by atoms with Crippen LogP contribution in [0.1, 0.15) is 70.2 Å². The minimum absolute atomic E-state index is 0.104. The first kappa shape index (κ1) is 28.8. The maximum atomic E-state index is 2.48. The Bertz CT molecular complexity index is 2720. The molecule has 3 aliphatic carbocycles. The van der Waals surface area contributed by atoms with Gasteiger partial charge in [0.05, 0.1) is 0 Å². The Balaban J connectivity index is 1.12. The van der Waals surface area contributed by atoms with Gasteiger partial charge < -0.3 is 0 Å². The molecule has 0 spiro atoms. The second-order valence-electron chi connectivity index (χ2n) is 15.2. The molecule has 0 N–H and O–H groups in total. The van der Waals surface area contributed by atoms with Crippen LogP contribution in [-0.4, -0.2) is 0 Å². The van der Waals surface area contributed by atoms with Gasteiger partial charge in [0.25, 0.3) is 0 Å². The molecule has 11 rings (SSSR count). The molecule has 2 unspecified atom stereocenters. The lowest BCUT2D eigenvalue weighted by atomic mass is 9.75. The van der Waals surface area contributed by atoms with Crippen LogP contribution in [0.5, 0.6) is 0 Å². The normalized spacial score (nSPS) is 17.0. The highest BCUT2D eigenvalue weighted by molar-refractivity contribution is 5.96. The zero-order valence-corrected chi connectivity index (χ0v) is 28.8. The van der Waals surface area contributed by atoms with E-state index in [9.17, 15) is 0 Å². The van der Waals surface area contributed by atoms with Crippen molar-refractivity contribution in [3.8, 4) is 44.5 Å². The van der Waals surface area contributed by atoms with E-state index < -0.39 is 0 Å². The Labute approximate surface area is 299 Å². The third-order valence-electron chi connectivity index (χ3n) is 12.2. The average Bonchev–Trinajstić information content (AvgIpc) is 3.77. The van der Waals surface area contributed by atoms with Gasteiger partial charge in [0, 0.05) is 17.3 Å². The Hall–Kier alpha value is -5.98. The van der Waals surface area contributed by atoms with Crippen molar-refractivity contribution >= 4 is 10.8 Å². The summed E-state index contributed by atoms with van der Waals surface area (Å²) in [6.45, 7) is 4.86. The van der Waals surface area contributed by atoms with Gasteiger partial charge in [-0.2, -0.15) is 0 Å². The van der Waals surface area contributed by atoms with Gasteiger partial charge in [-0.3, -0.25) is 0 Å². The molecule has 0 radical (unpaired) electrons. The lowest BCUT2D eigenvalue weighted by Gasteiger charge is -2.27. The molecule has 2 atom stereocenters. The fourth-order valence-electron chi connectivity index (χ4n) is 10.0. The summed E-state index contributed by atoms with van der Waals surface area (Å²) in [5, 5.41) is 2.63. The molecule has 0 fully saturated rings. The van der Waals surface area contributed by atoms with Crippen LogP contribution >= 0.6 is 0 Å². The summed E-state index contributed by atoms with van der Waals surface area (Å²) in [5.74, 6) is 0.409. The van der Waals surface area contributed by atoms with Crippen LogP contribution < -0.4 is 0 Å². The van der Waals surface area contributed by atoms with Gasteiger partial charge >= 0.3 is 0 Å². The number of hydrogen-bond acceptors (Lipinski definition) is 0. The van der Waals surface area contributed by atoms with Gasteiger partial charge in [0.15, 0.2) is 0 Å². The minimum Gasteiger partial charge on any atom is -0.0622 e. The van der Waals surface area contributed by atoms with Crippen LogP contribution in [0.4, 0.5) is 0 Å². The summed E-state index contributed by atoms with van der Waals surface area (Å²) < 4.78 is 0. The van der Waals surface area contributed by atoms with Crippen molar-refractivity contribution in [3.05, 3.63) is 214 Å². The van der Waals surface area contributed by atoms with E-state index in [2.05, 4.69) is 184 Å². The molecule has 0 aromatic heterocycles. The van der Waals surface area contributed by atoms with E-state index in [-0.39, 0.29) is 17.3 Å². The molecule has 8 aromatic rings. The van der Waals surface area contributed by atoms with E-state index in [1.807, 2.05) is 0 Å². The summed E-state index contributed by atoms with van der Waals surface area (Å²) in [6.07, 6.45) is 0. The lowest BCUT2D eigenvalue weighted by molar-refractivity contribution is 0.651. The van der Waals surface area contributed by atoms with Gasteiger partial charge in [0.1, 0.15) is 0 Å². The van der Waals surface area contributed by atoms with E-state index in [0.717, 1.165) is 0 Å². The van der Waals surface area contributed by atoms with Crippen molar-refractivity contribution in [2.75, 3.05) is 0 Å². The first-order valence-electron chi connectivity index (χ1n) is 18.3. The van der Waals surface area contributed by atoms with Gasteiger partial charge in [-0.25, -0.2) is 0 Å². The monoisotopic (exact) mass is 648 g/mol. The summed E-state index contributed by atoms with van der Waals surface area (Å²) in [5.41, 5.74) is 22.0. The summed E-state index contributed by atoms with van der Waals surface area (Å²) in [7, 11) is 0. The van der Waals surface area contributed by atoms with Crippen LogP contribution in [0.25, 0.3) is 55.3 Å². The van der Waals surface area contributed by atoms with Crippen molar-refractivity contribution in [1.82, 2.24) is 0 Å². The molecule has 0 amide bonds. The van der Waals surface area contributed by atoms with Crippen LogP contribution in [0, 0.1) is 0 Å². The molecule has 8 aromatic carbocycles. The lowest BCUT2D eigenvalue weighted by Crippen LogP contribution is -2.18. The number of rotatable bonds is 3. The number of hydrogen-bond donors (Lipinski definition) is 0. The van der Waals surface area contributed by atoms with Crippen molar-refractivity contribution in [2.24, 2.45) is 0 Å². The zero-order valence-electron chi connectivity index (χ0n) is 28.8. The third kappa shape index (κ3) is 3.96. The van der Waals surface area contributed by atoms with Crippen molar-refractivity contribution in [3.63, 3.8) is 0 Å². The highest BCUT2D eigenvalue weighted by Gasteiger charge is 2.43. The molecular weight excluding hydrogens is 613 g/mol. The third-order valence-corrected chi connectivity index (χ3v) is 12.2. The second kappa shape index (κ2) is 10.5. The van der Waals surface area contributed by atoms with E-state index in [4.69, 9.17) is 0 Å². The Morgan fingerprint density at radius 2 is 0.980 bits per heavy atom. The minimum atomic E-state index is -0.104. The summed E-state index contributed by atoms with van der Waals surface area (Å²) in [4.78, 5) is 0. The molecular formula is C51H36. The summed E-state index contributed by atoms with van der Waals surface area (Å²) in [6, 6.07) is 64.1. The molecule has 3 aliphatic rings.